The fourth-order valence-corrected chi connectivity index (χ4v) is 1.80. The van der Waals surface area contributed by atoms with E-state index in [2.05, 4.69) is 0 Å². The minimum absolute atomic E-state index is 0.0236. The van der Waals surface area contributed by atoms with Crippen LogP contribution >= 0.6 is 0 Å². The van der Waals surface area contributed by atoms with E-state index in [4.69, 9.17) is 10.5 Å². The predicted molar refractivity (Wildman–Crippen MR) is 72.2 cm³/mol. The van der Waals surface area contributed by atoms with Crippen molar-refractivity contribution in [3.05, 3.63) is 64.0 Å². The summed E-state index contributed by atoms with van der Waals surface area (Å²) in [5.41, 5.74) is 5.97. The van der Waals surface area contributed by atoms with Gasteiger partial charge in [-0.15, -0.1) is 0 Å². The molecule has 2 aromatic rings. The molecule has 0 amide bonds. The molecule has 104 valence electrons. The zero-order chi connectivity index (χ0) is 14.7. The van der Waals surface area contributed by atoms with Crippen molar-refractivity contribution in [1.29, 1.82) is 0 Å². The first-order chi connectivity index (χ1) is 9.50. The monoisotopic (exact) mass is 276 g/mol. The number of benzene rings is 2. The van der Waals surface area contributed by atoms with Crippen LogP contribution in [0, 0.1) is 15.9 Å². The van der Waals surface area contributed by atoms with Gasteiger partial charge in [-0.05, 0) is 19.1 Å². The van der Waals surface area contributed by atoms with Gasteiger partial charge in [-0.3, -0.25) is 10.1 Å². The Morgan fingerprint density at radius 3 is 2.60 bits per heavy atom. The maximum absolute atomic E-state index is 13.9. The maximum Gasteiger partial charge on any atom is 0.311 e. The lowest BCUT2D eigenvalue weighted by molar-refractivity contribution is -0.385. The smallest absolute Gasteiger partial charge is 0.311 e. The highest BCUT2D eigenvalue weighted by Gasteiger charge is 2.19. The van der Waals surface area contributed by atoms with Gasteiger partial charge in [-0.1, -0.05) is 24.3 Å². The van der Waals surface area contributed by atoms with Crippen LogP contribution in [0.5, 0.6) is 11.5 Å². The number of hydrogen-bond acceptors (Lipinski definition) is 4. The molecule has 6 heteroatoms. The van der Waals surface area contributed by atoms with Crippen molar-refractivity contribution in [3.63, 3.8) is 0 Å². The zero-order valence-corrected chi connectivity index (χ0v) is 10.7. The van der Waals surface area contributed by atoms with Crippen LogP contribution in [0.2, 0.25) is 0 Å². The number of nitro benzene ring substituents is 1. The van der Waals surface area contributed by atoms with Crippen molar-refractivity contribution in [1.82, 2.24) is 0 Å². The van der Waals surface area contributed by atoms with Gasteiger partial charge in [-0.2, -0.15) is 0 Å². The van der Waals surface area contributed by atoms with E-state index in [1.165, 1.54) is 30.3 Å². The van der Waals surface area contributed by atoms with Crippen LogP contribution < -0.4 is 10.5 Å². The Hall–Kier alpha value is -2.47. The first-order valence-corrected chi connectivity index (χ1v) is 5.96. The number of para-hydroxylation sites is 3. The summed E-state index contributed by atoms with van der Waals surface area (Å²) in [7, 11) is 0. The van der Waals surface area contributed by atoms with Crippen molar-refractivity contribution in [2.24, 2.45) is 5.73 Å². The number of halogens is 1. The molecule has 0 fully saturated rings. The Morgan fingerprint density at radius 2 is 1.95 bits per heavy atom. The second-order valence-electron chi connectivity index (χ2n) is 4.27. The molecule has 0 bridgehead atoms. The Kier molecular flexibility index (Phi) is 3.95. The van der Waals surface area contributed by atoms with E-state index in [9.17, 15) is 14.5 Å². The van der Waals surface area contributed by atoms with Crippen LogP contribution in [0.15, 0.2) is 42.5 Å². The van der Waals surface area contributed by atoms with Crippen molar-refractivity contribution in [2.45, 2.75) is 13.0 Å². The molecule has 0 heterocycles. The fourth-order valence-electron chi connectivity index (χ4n) is 1.80. The van der Waals surface area contributed by atoms with E-state index in [0.717, 1.165) is 0 Å². The van der Waals surface area contributed by atoms with Crippen molar-refractivity contribution in [3.8, 4) is 11.5 Å². The Balaban J connectivity index is 2.48. The minimum atomic E-state index is -0.613. The highest BCUT2D eigenvalue weighted by atomic mass is 19.1. The summed E-state index contributed by atoms with van der Waals surface area (Å²) in [4.78, 5) is 10.3. The molecule has 5 nitrogen and oxygen atoms in total. The Morgan fingerprint density at radius 1 is 1.25 bits per heavy atom. The minimum Gasteiger partial charge on any atom is -0.447 e. The Labute approximate surface area is 114 Å². The molecule has 0 aliphatic rings. The molecule has 1 unspecified atom stereocenters. The maximum atomic E-state index is 13.9. The third kappa shape index (κ3) is 2.75. The molecule has 2 rings (SSSR count). The summed E-state index contributed by atoms with van der Waals surface area (Å²) in [6.07, 6.45) is 0. The van der Waals surface area contributed by atoms with Gasteiger partial charge in [0.1, 0.15) is 0 Å². The van der Waals surface area contributed by atoms with E-state index >= 15 is 0 Å². The summed E-state index contributed by atoms with van der Waals surface area (Å²) in [5, 5.41) is 10.9. The lowest BCUT2D eigenvalue weighted by atomic mass is 10.1. The van der Waals surface area contributed by atoms with Gasteiger partial charge in [0.05, 0.1) is 4.92 Å². The average Bonchev–Trinajstić information content (AvgIpc) is 2.41. The number of ether oxygens (including phenoxy) is 1. The second kappa shape index (κ2) is 5.66. The van der Waals surface area contributed by atoms with Gasteiger partial charge in [0.25, 0.3) is 0 Å². The van der Waals surface area contributed by atoms with E-state index in [1.54, 1.807) is 19.1 Å². The van der Waals surface area contributed by atoms with Crippen LogP contribution in [0.1, 0.15) is 18.5 Å². The molecule has 0 radical (unpaired) electrons. The van der Waals surface area contributed by atoms with Crippen molar-refractivity contribution >= 4 is 5.69 Å². The molecule has 0 saturated heterocycles. The Bertz CT molecular complexity index is 644. The van der Waals surface area contributed by atoms with E-state index < -0.39 is 16.8 Å². The van der Waals surface area contributed by atoms with Crippen LogP contribution in [-0.2, 0) is 0 Å². The van der Waals surface area contributed by atoms with Gasteiger partial charge in [0.15, 0.2) is 11.6 Å². The van der Waals surface area contributed by atoms with Crippen LogP contribution in [0.4, 0.5) is 10.1 Å². The summed E-state index contributed by atoms with van der Waals surface area (Å²) >= 11 is 0. The molecule has 0 saturated carbocycles. The number of nitro groups is 1. The molecule has 0 aromatic heterocycles. The molecule has 0 aliphatic heterocycles. The molecule has 2 N–H and O–H groups in total. The number of nitrogens with zero attached hydrogens (tertiary/aromatic N) is 1. The molecular weight excluding hydrogens is 263 g/mol. The lowest BCUT2D eigenvalue weighted by Gasteiger charge is -2.14. The summed E-state index contributed by atoms with van der Waals surface area (Å²) in [6.45, 7) is 1.68. The van der Waals surface area contributed by atoms with Crippen LogP contribution in [0.25, 0.3) is 0 Å². The standard InChI is InChI=1S/C14H13FN2O3/c1-9(16)10-5-4-6-11(15)14(10)20-13-8-3-2-7-12(13)17(18)19/h2-9H,16H2,1H3. The third-order valence-corrected chi connectivity index (χ3v) is 2.76. The number of hydrogen-bond donors (Lipinski definition) is 1. The first kappa shape index (κ1) is 14.0. The van der Waals surface area contributed by atoms with Gasteiger partial charge in [-0.25, -0.2) is 4.39 Å². The van der Waals surface area contributed by atoms with Crippen LogP contribution in [0.3, 0.4) is 0 Å². The van der Waals surface area contributed by atoms with Crippen LogP contribution in [-0.4, -0.2) is 4.92 Å². The third-order valence-electron chi connectivity index (χ3n) is 2.76. The zero-order valence-electron chi connectivity index (χ0n) is 10.7. The summed E-state index contributed by atoms with van der Waals surface area (Å²) < 4.78 is 19.3. The summed E-state index contributed by atoms with van der Waals surface area (Å²) in [5.74, 6) is -0.723. The highest BCUT2D eigenvalue weighted by Crippen LogP contribution is 2.35. The highest BCUT2D eigenvalue weighted by molar-refractivity contribution is 5.50. The summed E-state index contributed by atoms with van der Waals surface area (Å²) in [6, 6.07) is 9.70. The van der Waals surface area contributed by atoms with Gasteiger partial charge in [0.2, 0.25) is 5.75 Å². The van der Waals surface area contributed by atoms with E-state index in [0.29, 0.717) is 5.56 Å². The fraction of sp³-hybridized carbons (Fsp3) is 0.143. The molecule has 0 aliphatic carbocycles. The SMILES string of the molecule is CC(N)c1cccc(F)c1Oc1ccccc1[N+](=O)[O-]. The second-order valence-corrected chi connectivity index (χ2v) is 4.27. The predicted octanol–water partition coefficient (Wildman–Crippen LogP) is 3.55. The first-order valence-electron chi connectivity index (χ1n) is 5.96. The number of nitrogens with two attached hydrogens (primary N) is 1. The molecule has 20 heavy (non-hydrogen) atoms. The van der Waals surface area contributed by atoms with E-state index in [-0.39, 0.29) is 17.2 Å². The molecule has 0 spiro atoms. The molecule has 1 atom stereocenters. The number of rotatable bonds is 4. The van der Waals surface area contributed by atoms with Crippen molar-refractivity contribution in [2.75, 3.05) is 0 Å². The normalized spacial score (nSPS) is 11.9. The largest absolute Gasteiger partial charge is 0.447 e. The average molecular weight is 276 g/mol. The lowest BCUT2D eigenvalue weighted by Crippen LogP contribution is -2.08. The van der Waals surface area contributed by atoms with Gasteiger partial charge in [0, 0.05) is 17.7 Å². The topological polar surface area (TPSA) is 78.4 Å². The van der Waals surface area contributed by atoms with Gasteiger partial charge < -0.3 is 10.5 Å². The molecule has 2 aromatic carbocycles. The van der Waals surface area contributed by atoms with Crippen molar-refractivity contribution < 1.29 is 14.1 Å². The quantitative estimate of drug-likeness (QED) is 0.684. The molecular formula is C14H13FN2O3. The van der Waals surface area contributed by atoms with Gasteiger partial charge >= 0.3 is 5.69 Å². The van der Waals surface area contributed by atoms with E-state index in [1.807, 2.05) is 0 Å².